The Morgan fingerprint density at radius 3 is 3.00 bits per heavy atom. The van der Waals surface area contributed by atoms with E-state index < -0.39 is 0 Å². The second-order valence-corrected chi connectivity index (χ2v) is 4.85. The van der Waals surface area contributed by atoms with Crippen molar-refractivity contribution in [2.75, 3.05) is 11.9 Å². The second-order valence-electron chi connectivity index (χ2n) is 4.38. The van der Waals surface area contributed by atoms with Gasteiger partial charge in [-0.25, -0.2) is 0 Å². The molecule has 1 aliphatic heterocycles. The molecule has 0 spiro atoms. The average Bonchev–Trinajstić information content (AvgIpc) is 2.36. The van der Waals surface area contributed by atoms with Crippen LogP contribution >= 0.6 is 11.6 Å². The summed E-state index contributed by atoms with van der Waals surface area (Å²) < 4.78 is 5.30. The van der Waals surface area contributed by atoms with Crippen LogP contribution in [0.15, 0.2) is 18.2 Å². The number of carbonyl (C=O) groups is 1. The smallest absolute Gasteiger partial charge is 0.262 e. The van der Waals surface area contributed by atoms with E-state index in [1.165, 1.54) is 0 Å². The predicted octanol–water partition coefficient (Wildman–Crippen LogP) is 3.34. The van der Waals surface area contributed by atoms with Gasteiger partial charge in [-0.1, -0.05) is 26.3 Å². The Morgan fingerprint density at radius 2 is 2.29 bits per heavy atom. The highest BCUT2D eigenvalue weighted by molar-refractivity contribution is 6.21. The summed E-state index contributed by atoms with van der Waals surface area (Å²) in [4.78, 5) is 11.2. The van der Waals surface area contributed by atoms with Gasteiger partial charge in [-0.15, -0.1) is 11.6 Å². The molecule has 0 radical (unpaired) electrons. The number of hydrogen-bond acceptors (Lipinski definition) is 2. The fourth-order valence-electron chi connectivity index (χ4n) is 1.81. The van der Waals surface area contributed by atoms with Crippen LogP contribution in [0.25, 0.3) is 0 Å². The maximum Gasteiger partial charge on any atom is 0.262 e. The molecule has 17 heavy (non-hydrogen) atoms. The number of alkyl halides is 1. The fraction of sp³-hybridized carbons (Fsp3) is 0.462. The molecule has 4 heteroatoms. The molecule has 2 rings (SSSR count). The quantitative estimate of drug-likeness (QED) is 0.839. The van der Waals surface area contributed by atoms with Crippen LogP contribution in [0, 0.1) is 5.92 Å². The largest absolute Gasteiger partial charge is 0.482 e. The van der Waals surface area contributed by atoms with Gasteiger partial charge in [0.2, 0.25) is 0 Å². The number of amides is 1. The normalized spacial score (nSPS) is 17.7. The highest BCUT2D eigenvalue weighted by atomic mass is 35.5. The molecule has 1 aliphatic rings. The number of rotatable bonds is 3. The van der Waals surface area contributed by atoms with Gasteiger partial charge in [0, 0.05) is 0 Å². The third-order valence-electron chi connectivity index (χ3n) is 3.10. The van der Waals surface area contributed by atoms with Crippen LogP contribution in [0.5, 0.6) is 5.75 Å². The average molecular weight is 254 g/mol. The summed E-state index contributed by atoms with van der Waals surface area (Å²) in [5.74, 6) is 0.987. The zero-order valence-electron chi connectivity index (χ0n) is 10.00. The van der Waals surface area contributed by atoms with Crippen LogP contribution in [-0.2, 0) is 4.79 Å². The van der Waals surface area contributed by atoms with Crippen molar-refractivity contribution in [1.82, 2.24) is 0 Å². The number of carbonyl (C=O) groups excluding carboxylic acids is 1. The minimum atomic E-state index is -0.121. The number of benzene rings is 1. The first-order valence-electron chi connectivity index (χ1n) is 5.82. The van der Waals surface area contributed by atoms with Crippen LogP contribution in [0.4, 0.5) is 5.69 Å². The van der Waals surface area contributed by atoms with Crippen LogP contribution in [-0.4, -0.2) is 12.5 Å². The summed E-state index contributed by atoms with van der Waals surface area (Å²) in [7, 11) is 0. The number of anilines is 1. The Hall–Kier alpha value is -1.22. The molecule has 3 nitrogen and oxygen atoms in total. The Balaban J connectivity index is 2.26. The van der Waals surface area contributed by atoms with Gasteiger partial charge >= 0.3 is 0 Å². The highest BCUT2D eigenvalue weighted by Crippen LogP contribution is 2.36. The van der Waals surface area contributed by atoms with E-state index >= 15 is 0 Å². The van der Waals surface area contributed by atoms with Crippen LogP contribution in [0.2, 0.25) is 0 Å². The van der Waals surface area contributed by atoms with E-state index in [4.69, 9.17) is 16.3 Å². The molecule has 0 aromatic heterocycles. The lowest BCUT2D eigenvalue weighted by Gasteiger charge is -2.21. The molecule has 1 heterocycles. The van der Waals surface area contributed by atoms with Crippen molar-refractivity contribution in [2.45, 2.75) is 25.6 Å². The van der Waals surface area contributed by atoms with E-state index in [9.17, 15) is 4.79 Å². The third-order valence-corrected chi connectivity index (χ3v) is 3.78. The number of ether oxygens (including phenoxy) is 1. The van der Waals surface area contributed by atoms with Gasteiger partial charge in [0.1, 0.15) is 5.75 Å². The molecule has 92 valence electrons. The molecule has 1 N–H and O–H groups in total. The van der Waals surface area contributed by atoms with Gasteiger partial charge in [-0.3, -0.25) is 4.79 Å². The van der Waals surface area contributed by atoms with Crippen molar-refractivity contribution < 1.29 is 9.53 Å². The van der Waals surface area contributed by atoms with Gasteiger partial charge in [-0.2, -0.15) is 0 Å². The number of hydrogen-bond donors (Lipinski definition) is 1. The first-order chi connectivity index (χ1) is 8.11. The number of nitrogens with one attached hydrogen (secondary N) is 1. The standard InChI is InChI=1S/C13H16ClNO2/c1-3-8(2)13(14)9-4-5-11-10(6-9)15-12(16)7-17-11/h4-6,8,13H,3,7H2,1-2H3,(H,15,16). The summed E-state index contributed by atoms with van der Waals surface area (Å²) in [5, 5.41) is 2.75. The van der Waals surface area contributed by atoms with E-state index in [1.54, 1.807) is 0 Å². The molecule has 2 atom stereocenters. The first-order valence-corrected chi connectivity index (χ1v) is 6.26. The summed E-state index contributed by atoms with van der Waals surface area (Å²) in [5.41, 5.74) is 1.73. The first kappa shape index (κ1) is 12.2. The van der Waals surface area contributed by atoms with Gasteiger partial charge in [0.05, 0.1) is 11.1 Å². The van der Waals surface area contributed by atoms with E-state index in [0.29, 0.717) is 17.4 Å². The molecule has 0 aliphatic carbocycles. The molecular formula is C13H16ClNO2. The monoisotopic (exact) mass is 253 g/mol. The molecule has 1 aromatic rings. The van der Waals surface area contributed by atoms with E-state index in [-0.39, 0.29) is 17.9 Å². The molecule has 0 fully saturated rings. The molecule has 0 bridgehead atoms. The Morgan fingerprint density at radius 1 is 1.53 bits per heavy atom. The number of halogens is 1. The molecule has 0 saturated heterocycles. The molecule has 1 amide bonds. The molecule has 2 unspecified atom stereocenters. The fourth-order valence-corrected chi connectivity index (χ4v) is 2.12. The topological polar surface area (TPSA) is 38.3 Å². The van der Waals surface area contributed by atoms with Crippen LogP contribution < -0.4 is 10.1 Å². The SMILES string of the molecule is CCC(C)C(Cl)c1ccc2c(c1)NC(=O)CO2. The Labute approximate surface area is 106 Å². The van der Waals surface area contributed by atoms with Crippen molar-refractivity contribution in [2.24, 2.45) is 5.92 Å². The zero-order valence-corrected chi connectivity index (χ0v) is 10.8. The minimum Gasteiger partial charge on any atom is -0.482 e. The van der Waals surface area contributed by atoms with Crippen molar-refractivity contribution in [3.05, 3.63) is 23.8 Å². The second kappa shape index (κ2) is 4.96. The van der Waals surface area contributed by atoms with E-state index in [0.717, 1.165) is 12.0 Å². The lowest BCUT2D eigenvalue weighted by molar-refractivity contribution is -0.118. The summed E-state index contributed by atoms with van der Waals surface area (Å²) in [6.45, 7) is 4.32. The van der Waals surface area contributed by atoms with Gasteiger partial charge < -0.3 is 10.1 Å². The maximum absolute atomic E-state index is 11.2. The lowest BCUT2D eigenvalue weighted by Crippen LogP contribution is -2.25. The third kappa shape index (κ3) is 2.55. The summed E-state index contributed by atoms with van der Waals surface area (Å²) in [6.07, 6.45) is 1.02. The lowest BCUT2D eigenvalue weighted by atomic mass is 9.97. The maximum atomic E-state index is 11.2. The van der Waals surface area contributed by atoms with Crippen LogP contribution in [0.3, 0.4) is 0 Å². The van der Waals surface area contributed by atoms with E-state index in [1.807, 2.05) is 18.2 Å². The van der Waals surface area contributed by atoms with Gasteiger partial charge in [-0.05, 0) is 23.6 Å². The predicted molar refractivity (Wildman–Crippen MR) is 68.6 cm³/mol. The van der Waals surface area contributed by atoms with Gasteiger partial charge in [0.25, 0.3) is 5.91 Å². The van der Waals surface area contributed by atoms with Crippen molar-refractivity contribution in [3.8, 4) is 5.75 Å². The molecular weight excluding hydrogens is 238 g/mol. The summed E-state index contributed by atoms with van der Waals surface area (Å²) in [6, 6.07) is 5.72. The zero-order chi connectivity index (χ0) is 12.4. The molecule has 1 aromatic carbocycles. The van der Waals surface area contributed by atoms with Crippen LogP contribution in [0.1, 0.15) is 31.2 Å². The highest BCUT2D eigenvalue weighted by Gasteiger charge is 2.20. The van der Waals surface area contributed by atoms with Crippen molar-refractivity contribution in [1.29, 1.82) is 0 Å². The molecule has 0 saturated carbocycles. The number of fused-ring (bicyclic) bond motifs is 1. The van der Waals surface area contributed by atoms with E-state index in [2.05, 4.69) is 19.2 Å². The Bertz CT molecular complexity index is 433. The minimum absolute atomic E-state index is 0.0378. The van der Waals surface area contributed by atoms with Crippen molar-refractivity contribution in [3.63, 3.8) is 0 Å². The summed E-state index contributed by atoms with van der Waals surface area (Å²) >= 11 is 6.38. The Kier molecular flexibility index (Phi) is 3.57. The van der Waals surface area contributed by atoms with Gasteiger partial charge in [0.15, 0.2) is 6.61 Å². The van der Waals surface area contributed by atoms with Crippen molar-refractivity contribution >= 4 is 23.2 Å².